The Morgan fingerprint density at radius 2 is 1.03 bits per heavy atom. The second-order valence-corrected chi connectivity index (χ2v) is 17.9. The van der Waals surface area contributed by atoms with Crippen molar-refractivity contribution < 1.29 is 19.1 Å². The first-order valence-electron chi connectivity index (χ1n) is 21.1. The minimum Gasteiger partial charge on any atom is -0.465 e. The van der Waals surface area contributed by atoms with Gasteiger partial charge < -0.3 is 9.47 Å². The van der Waals surface area contributed by atoms with Gasteiger partial charge in [0.2, 0.25) is 0 Å². The van der Waals surface area contributed by atoms with Crippen LogP contribution in [0.3, 0.4) is 0 Å². The van der Waals surface area contributed by atoms with E-state index in [0.717, 1.165) is 39.4 Å². The van der Waals surface area contributed by atoms with Gasteiger partial charge in [-0.3, -0.25) is 19.6 Å². The minimum atomic E-state index is -0.815. The summed E-state index contributed by atoms with van der Waals surface area (Å²) in [7, 11) is 0. The molecule has 2 atom stereocenters. The van der Waals surface area contributed by atoms with Gasteiger partial charge in [-0.1, -0.05) is 99.6 Å². The summed E-state index contributed by atoms with van der Waals surface area (Å²) in [6, 6.07) is 20.5. The summed E-state index contributed by atoms with van der Waals surface area (Å²) in [6.07, 6.45) is 10.1. The molecule has 2 aromatic carbocycles. The van der Waals surface area contributed by atoms with E-state index in [1.807, 2.05) is 114 Å². The quantitative estimate of drug-likeness (QED) is 0.0594. The highest BCUT2D eigenvalue weighted by molar-refractivity contribution is 5.80. The minimum absolute atomic E-state index is 0.156. The maximum absolute atomic E-state index is 13.0. The van der Waals surface area contributed by atoms with Crippen molar-refractivity contribution in [2.24, 2.45) is 10.8 Å². The molecule has 1 N–H and O–H groups in total. The first-order chi connectivity index (χ1) is 28.8. The predicted octanol–water partition coefficient (Wildman–Crippen LogP) is 8.30. The molecule has 0 bridgehead atoms. The molecule has 14 nitrogen and oxygen atoms in total. The molecule has 0 fully saturated rings. The Hall–Kier alpha value is -5.76. The summed E-state index contributed by atoms with van der Waals surface area (Å²) >= 11 is 0. The molecule has 0 saturated heterocycles. The van der Waals surface area contributed by atoms with E-state index in [-0.39, 0.29) is 23.8 Å². The van der Waals surface area contributed by atoms with Crippen LogP contribution in [0, 0.1) is 10.8 Å². The predicted molar refractivity (Wildman–Crippen MR) is 235 cm³/mol. The lowest BCUT2D eigenvalue weighted by Crippen LogP contribution is -2.35. The van der Waals surface area contributed by atoms with Crippen LogP contribution < -0.4 is 0 Å². The first kappa shape index (κ1) is 46.3. The zero-order valence-electron chi connectivity index (χ0n) is 38.0. The fourth-order valence-electron chi connectivity index (χ4n) is 7.35. The van der Waals surface area contributed by atoms with Gasteiger partial charge in [-0.2, -0.15) is 0 Å². The van der Waals surface area contributed by atoms with Crippen molar-refractivity contribution in [2.45, 2.75) is 126 Å². The Morgan fingerprint density at radius 1 is 0.639 bits per heavy atom. The molecule has 14 heteroatoms. The Bertz CT molecular complexity index is 2110. The van der Waals surface area contributed by atoms with E-state index in [1.165, 1.54) is 0 Å². The number of rotatable bonds is 20. The summed E-state index contributed by atoms with van der Waals surface area (Å²) in [4.78, 5) is 28.2. The van der Waals surface area contributed by atoms with Crippen LogP contribution in [-0.4, -0.2) is 75.5 Å². The SMILES string of the molecule is CCOC(=O)C(C)(C)/C(C)=C\C(c1ccccc1)C(C)(C)n1cc(CN(Cc2c[nH]nn2)Cc2cn(C(C)(C)C(/C=C(\C)C(C)(C)C(=O)OCC)c3ccccc3)nn2)nn1. The number of carbonyl (C=O) groups excluding carboxylic acids is 2. The number of nitrogens with one attached hydrogen (secondary N) is 1. The van der Waals surface area contributed by atoms with Crippen LogP contribution in [0.25, 0.3) is 0 Å². The molecule has 326 valence electrons. The number of carbonyl (C=O) groups is 2. The molecule has 3 heterocycles. The van der Waals surface area contributed by atoms with E-state index >= 15 is 0 Å². The fraction of sp³-hybridized carbons (Fsp3) is 0.489. The molecule has 61 heavy (non-hydrogen) atoms. The lowest BCUT2D eigenvalue weighted by Gasteiger charge is -2.35. The molecular formula is C47H64N10O4. The van der Waals surface area contributed by atoms with Crippen molar-refractivity contribution in [1.82, 2.24) is 50.3 Å². The van der Waals surface area contributed by atoms with Crippen LogP contribution in [-0.2, 0) is 49.8 Å². The number of aromatic amines is 1. The van der Waals surface area contributed by atoms with Gasteiger partial charge >= 0.3 is 11.9 Å². The molecule has 0 aliphatic carbocycles. The van der Waals surface area contributed by atoms with Crippen LogP contribution in [0.1, 0.15) is 123 Å². The standard InChI is InChI=1S/C47H64N10O4/c1-13-60-42(58)44(5,6)33(3)25-40(35-21-17-15-18-22-35)46(9,10)56-31-38(50-53-56)29-55(28-37-27-48-52-49-37)30-39-32-57(54-51-39)47(11,12)41(36-23-19-16-20-24-36)26-34(4)45(7,8)43(59)61-14-2/h15-27,31-32,40-41H,13-14,28-30H2,1-12H3,(H,48,49,52)/b33-25-,34-26+. The number of benzene rings is 2. The van der Waals surface area contributed by atoms with Crippen LogP contribution in [0.15, 0.2) is 103 Å². The van der Waals surface area contributed by atoms with Crippen molar-refractivity contribution in [3.8, 4) is 0 Å². The van der Waals surface area contributed by atoms with Crippen LogP contribution >= 0.6 is 0 Å². The maximum Gasteiger partial charge on any atom is 0.315 e. The number of nitrogens with zero attached hydrogens (tertiary/aromatic N) is 9. The van der Waals surface area contributed by atoms with E-state index in [0.29, 0.717) is 32.8 Å². The molecular weight excluding hydrogens is 769 g/mol. The Balaban J connectivity index is 1.44. The summed E-state index contributed by atoms with van der Waals surface area (Å²) in [5, 5.41) is 29.8. The lowest BCUT2D eigenvalue weighted by molar-refractivity contribution is -0.152. The molecule has 3 aromatic heterocycles. The molecule has 0 amide bonds. The number of H-pyrrole nitrogens is 1. The summed E-state index contributed by atoms with van der Waals surface area (Å²) in [5.41, 5.74) is 3.48. The molecule has 0 saturated carbocycles. The van der Waals surface area contributed by atoms with Crippen molar-refractivity contribution in [3.05, 3.63) is 131 Å². The second-order valence-electron chi connectivity index (χ2n) is 17.9. The summed E-state index contributed by atoms with van der Waals surface area (Å²) in [5.74, 6) is -0.831. The zero-order valence-corrected chi connectivity index (χ0v) is 38.0. The van der Waals surface area contributed by atoms with E-state index < -0.39 is 21.9 Å². The zero-order chi connectivity index (χ0) is 44.6. The van der Waals surface area contributed by atoms with E-state index in [4.69, 9.17) is 19.9 Å². The average molecular weight is 833 g/mol. The third kappa shape index (κ3) is 10.8. The molecule has 5 rings (SSSR count). The van der Waals surface area contributed by atoms with Crippen molar-refractivity contribution >= 4 is 11.9 Å². The lowest BCUT2D eigenvalue weighted by atomic mass is 9.76. The first-order valence-corrected chi connectivity index (χ1v) is 21.1. The number of esters is 2. The van der Waals surface area contributed by atoms with Gasteiger partial charge in [0.1, 0.15) is 0 Å². The highest BCUT2D eigenvalue weighted by atomic mass is 16.5. The molecule has 0 radical (unpaired) electrons. The molecule has 5 aromatic rings. The van der Waals surface area contributed by atoms with Crippen molar-refractivity contribution in [3.63, 3.8) is 0 Å². The third-order valence-corrected chi connectivity index (χ3v) is 12.1. The fourth-order valence-corrected chi connectivity index (χ4v) is 7.35. The monoisotopic (exact) mass is 833 g/mol. The van der Waals surface area contributed by atoms with E-state index in [9.17, 15) is 9.59 Å². The van der Waals surface area contributed by atoms with Gasteiger partial charge in [-0.05, 0) is 94.2 Å². The Kier molecular flexibility index (Phi) is 14.7. The summed E-state index contributed by atoms with van der Waals surface area (Å²) < 4.78 is 14.7. The van der Waals surface area contributed by atoms with Gasteiger partial charge in [0.05, 0.1) is 64.6 Å². The number of hydrogen-bond acceptors (Lipinski definition) is 11. The van der Waals surface area contributed by atoms with Gasteiger partial charge in [0, 0.05) is 37.7 Å². The molecule has 2 unspecified atom stereocenters. The second kappa shape index (κ2) is 19.3. The number of hydrogen-bond donors (Lipinski definition) is 1. The average Bonchev–Trinajstić information content (AvgIpc) is 4.03. The third-order valence-electron chi connectivity index (χ3n) is 12.1. The van der Waals surface area contributed by atoms with Crippen molar-refractivity contribution in [1.29, 1.82) is 0 Å². The van der Waals surface area contributed by atoms with Crippen LogP contribution in [0.2, 0.25) is 0 Å². The van der Waals surface area contributed by atoms with E-state index in [2.05, 4.69) is 94.6 Å². The number of allylic oxidation sites excluding steroid dienone is 2. The highest BCUT2D eigenvalue weighted by Gasteiger charge is 2.38. The van der Waals surface area contributed by atoms with E-state index in [1.54, 1.807) is 6.20 Å². The maximum atomic E-state index is 13.0. The molecule has 0 aliphatic rings. The van der Waals surface area contributed by atoms with Gasteiger partial charge in [-0.15, -0.1) is 15.3 Å². The van der Waals surface area contributed by atoms with Crippen LogP contribution in [0.4, 0.5) is 0 Å². The van der Waals surface area contributed by atoms with Crippen molar-refractivity contribution in [2.75, 3.05) is 13.2 Å². The molecule has 0 spiro atoms. The topological polar surface area (TPSA) is 159 Å². The van der Waals surface area contributed by atoms with Gasteiger partial charge in [0.25, 0.3) is 0 Å². The Labute approximate surface area is 360 Å². The smallest absolute Gasteiger partial charge is 0.315 e. The number of aromatic nitrogens is 9. The Morgan fingerprint density at radius 3 is 1.39 bits per heavy atom. The normalized spacial score (nSPS) is 14.2. The molecule has 0 aliphatic heterocycles. The number of ether oxygens (including phenoxy) is 2. The van der Waals surface area contributed by atoms with Gasteiger partial charge in [0.15, 0.2) is 0 Å². The summed E-state index contributed by atoms with van der Waals surface area (Å²) in [6.45, 7) is 25.7. The highest BCUT2D eigenvalue weighted by Crippen LogP contribution is 2.41. The largest absolute Gasteiger partial charge is 0.465 e. The van der Waals surface area contributed by atoms with Crippen LogP contribution in [0.5, 0.6) is 0 Å². The van der Waals surface area contributed by atoms with Gasteiger partial charge in [-0.25, -0.2) is 9.36 Å².